The lowest BCUT2D eigenvalue weighted by atomic mass is 10.1. The first-order chi connectivity index (χ1) is 9.82. The van der Waals surface area contributed by atoms with Crippen LogP contribution < -0.4 is 5.32 Å². The first kappa shape index (κ1) is 15.5. The van der Waals surface area contributed by atoms with E-state index in [1.807, 2.05) is 0 Å². The van der Waals surface area contributed by atoms with E-state index in [4.69, 9.17) is 16.7 Å². The van der Waals surface area contributed by atoms with Crippen molar-refractivity contribution < 1.29 is 22.7 Å². The largest absolute Gasteiger partial charge is 0.418 e. The van der Waals surface area contributed by atoms with Crippen LogP contribution in [0.25, 0.3) is 0 Å². The minimum Gasteiger partial charge on any atom is -0.392 e. The zero-order valence-corrected chi connectivity index (χ0v) is 11.1. The summed E-state index contributed by atoms with van der Waals surface area (Å²) in [5, 5.41) is 11.4. The van der Waals surface area contributed by atoms with E-state index in [1.165, 1.54) is 12.1 Å². The van der Waals surface area contributed by atoms with Gasteiger partial charge in [0.15, 0.2) is 0 Å². The Morgan fingerprint density at radius 1 is 1.19 bits per heavy atom. The van der Waals surface area contributed by atoms with E-state index < -0.39 is 35.4 Å². The van der Waals surface area contributed by atoms with Gasteiger partial charge >= 0.3 is 6.18 Å². The highest BCUT2D eigenvalue weighted by Crippen LogP contribution is 2.38. The van der Waals surface area contributed by atoms with Gasteiger partial charge in [0.1, 0.15) is 5.82 Å². The molecule has 8 heteroatoms. The number of benzene rings is 1. The molecule has 1 aromatic heterocycles. The second-order valence-corrected chi connectivity index (χ2v) is 4.56. The summed E-state index contributed by atoms with van der Waals surface area (Å²) < 4.78 is 52.9. The van der Waals surface area contributed by atoms with Crippen molar-refractivity contribution in [2.24, 2.45) is 0 Å². The number of alkyl halides is 3. The summed E-state index contributed by atoms with van der Waals surface area (Å²) in [7, 11) is 0. The van der Waals surface area contributed by atoms with Gasteiger partial charge in [-0.2, -0.15) is 13.2 Å². The Labute approximate surface area is 122 Å². The minimum atomic E-state index is -4.72. The lowest BCUT2D eigenvalue weighted by Gasteiger charge is -2.17. The lowest BCUT2D eigenvalue weighted by molar-refractivity contribution is -0.138. The molecule has 0 aliphatic rings. The Balaban J connectivity index is 2.49. The van der Waals surface area contributed by atoms with Crippen molar-refractivity contribution in [3.05, 3.63) is 52.6 Å². The van der Waals surface area contributed by atoms with Crippen molar-refractivity contribution in [2.45, 2.75) is 12.8 Å². The van der Waals surface area contributed by atoms with Crippen LogP contribution in [-0.4, -0.2) is 10.1 Å². The highest BCUT2D eigenvalue weighted by Gasteiger charge is 2.36. The maximum atomic E-state index is 13.6. The lowest BCUT2D eigenvalue weighted by Crippen LogP contribution is -2.13. The second kappa shape index (κ2) is 5.87. The maximum absolute atomic E-state index is 13.6. The third kappa shape index (κ3) is 3.43. The molecule has 0 radical (unpaired) electrons. The molecular formula is C13H9ClF4N2O. The Morgan fingerprint density at radius 3 is 2.48 bits per heavy atom. The summed E-state index contributed by atoms with van der Waals surface area (Å²) in [4.78, 5) is 3.60. The average molecular weight is 321 g/mol. The number of aromatic nitrogens is 1. The smallest absolute Gasteiger partial charge is 0.392 e. The molecule has 1 aromatic carbocycles. The van der Waals surface area contributed by atoms with Gasteiger partial charge in [-0.3, -0.25) is 4.98 Å². The van der Waals surface area contributed by atoms with Crippen LogP contribution in [0.5, 0.6) is 0 Å². The van der Waals surface area contributed by atoms with Crippen molar-refractivity contribution in [2.75, 3.05) is 5.32 Å². The van der Waals surface area contributed by atoms with Gasteiger partial charge in [-0.25, -0.2) is 4.39 Å². The Morgan fingerprint density at radius 2 is 1.90 bits per heavy atom. The van der Waals surface area contributed by atoms with Gasteiger partial charge < -0.3 is 10.4 Å². The van der Waals surface area contributed by atoms with E-state index in [0.717, 1.165) is 18.5 Å². The van der Waals surface area contributed by atoms with Crippen molar-refractivity contribution in [1.29, 1.82) is 0 Å². The predicted molar refractivity (Wildman–Crippen MR) is 69.9 cm³/mol. The molecule has 0 unspecified atom stereocenters. The molecule has 0 amide bonds. The second-order valence-electron chi connectivity index (χ2n) is 4.13. The molecule has 2 rings (SSSR count). The van der Waals surface area contributed by atoms with Crippen molar-refractivity contribution in [1.82, 2.24) is 4.98 Å². The highest BCUT2D eigenvalue weighted by atomic mass is 35.5. The topological polar surface area (TPSA) is 45.2 Å². The number of nitrogens with one attached hydrogen (secondary N) is 1. The predicted octanol–water partition coefficient (Wildman–Crippen LogP) is 4.13. The number of hydrogen-bond acceptors (Lipinski definition) is 3. The molecule has 2 N–H and O–H groups in total. The summed E-state index contributed by atoms with van der Waals surface area (Å²) in [5.41, 5.74) is -2.12. The fraction of sp³-hybridized carbons (Fsp3) is 0.154. The molecule has 0 saturated carbocycles. The molecule has 0 saturated heterocycles. The average Bonchev–Trinajstić information content (AvgIpc) is 2.40. The van der Waals surface area contributed by atoms with Crippen LogP contribution in [0.3, 0.4) is 0 Å². The molecule has 0 fully saturated rings. The molecule has 0 bridgehead atoms. The molecule has 2 aromatic rings. The molecule has 0 spiro atoms. The number of rotatable bonds is 3. The molecule has 112 valence electrons. The quantitative estimate of drug-likeness (QED) is 0.836. The van der Waals surface area contributed by atoms with E-state index in [1.54, 1.807) is 0 Å². The first-order valence-corrected chi connectivity index (χ1v) is 6.07. The zero-order valence-electron chi connectivity index (χ0n) is 10.4. The standard InChI is InChI=1S/C13H9ClF4N2O/c14-8-1-2-10(9(15)3-8)20-11-5-19-4-7(6-21)12(11)13(16,17)18/h1-5,20-21H,6H2. The number of aliphatic hydroxyl groups is 1. The highest BCUT2D eigenvalue weighted by molar-refractivity contribution is 6.30. The van der Waals surface area contributed by atoms with Crippen LogP contribution in [0, 0.1) is 5.82 Å². The molecule has 0 aliphatic carbocycles. The number of anilines is 2. The van der Waals surface area contributed by atoms with Gasteiger partial charge in [0.25, 0.3) is 0 Å². The third-order valence-corrected chi connectivity index (χ3v) is 2.91. The van der Waals surface area contributed by atoms with Crippen LogP contribution in [0.2, 0.25) is 5.02 Å². The Hall–Kier alpha value is -1.86. The number of hydrogen-bond donors (Lipinski definition) is 2. The van der Waals surface area contributed by atoms with Crippen molar-refractivity contribution in [3.63, 3.8) is 0 Å². The summed E-state index contributed by atoms with van der Waals surface area (Å²) in [6.45, 7) is -0.833. The summed E-state index contributed by atoms with van der Waals surface area (Å²) in [5.74, 6) is -0.801. The Bertz CT molecular complexity index is 661. The molecule has 0 atom stereocenters. The van der Waals surface area contributed by atoms with Gasteiger partial charge in [0, 0.05) is 16.8 Å². The number of nitrogens with zero attached hydrogens (tertiary/aromatic N) is 1. The van der Waals surface area contributed by atoms with E-state index in [2.05, 4.69) is 10.3 Å². The third-order valence-electron chi connectivity index (χ3n) is 2.68. The molecular weight excluding hydrogens is 312 g/mol. The van der Waals surface area contributed by atoms with E-state index in [-0.39, 0.29) is 10.7 Å². The monoisotopic (exact) mass is 320 g/mol. The van der Waals surface area contributed by atoms with Gasteiger partial charge in [-0.05, 0) is 18.2 Å². The van der Waals surface area contributed by atoms with Crippen LogP contribution in [0.4, 0.5) is 28.9 Å². The molecule has 21 heavy (non-hydrogen) atoms. The van der Waals surface area contributed by atoms with Gasteiger partial charge in [-0.15, -0.1) is 0 Å². The van der Waals surface area contributed by atoms with E-state index in [9.17, 15) is 17.6 Å². The van der Waals surface area contributed by atoms with Gasteiger partial charge in [0.05, 0.1) is 29.7 Å². The summed E-state index contributed by atoms with van der Waals surface area (Å²) >= 11 is 5.58. The summed E-state index contributed by atoms with van der Waals surface area (Å²) in [6.07, 6.45) is -2.89. The Kier molecular flexibility index (Phi) is 4.34. The zero-order chi connectivity index (χ0) is 15.6. The number of halogens is 5. The van der Waals surface area contributed by atoms with Gasteiger partial charge in [0.2, 0.25) is 0 Å². The fourth-order valence-corrected chi connectivity index (χ4v) is 1.95. The van der Waals surface area contributed by atoms with Gasteiger partial charge in [-0.1, -0.05) is 11.6 Å². The summed E-state index contributed by atoms with van der Waals surface area (Å²) in [6, 6.07) is 3.52. The molecule has 1 heterocycles. The normalized spacial score (nSPS) is 11.5. The van der Waals surface area contributed by atoms with E-state index in [0.29, 0.717) is 0 Å². The number of aliphatic hydroxyl groups excluding tert-OH is 1. The van der Waals surface area contributed by atoms with Crippen LogP contribution >= 0.6 is 11.6 Å². The minimum absolute atomic E-state index is 0.122. The molecule has 0 aliphatic heterocycles. The fourth-order valence-electron chi connectivity index (χ4n) is 1.79. The van der Waals surface area contributed by atoms with E-state index >= 15 is 0 Å². The molecule has 3 nitrogen and oxygen atoms in total. The first-order valence-electron chi connectivity index (χ1n) is 5.70. The van der Waals surface area contributed by atoms with Crippen molar-refractivity contribution >= 4 is 23.0 Å². The van der Waals surface area contributed by atoms with Crippen LogP contribution in [0.1, 0.15) is 11.1 Å². The number of pyridine rings is 1. The van der Waals surface area contributed by atoms with Crippen LogP contribution in [-0.2, 0) is 12.8 Å². The van der Waals surface area contributed by atoms with Crippen molar-refractivity contribution in [3.8, 4) is 0 Å². The van der Waals surface area contributed by atoms with Crippen LogP contribution in [0.15, 0.2) is 30.6 Å². The SMILES string of the molecule is OCc1cncc(Nc2ccc(Cl)cc2F)c1C(F)(F)F. The maximum Gasteiger partial charge on any atom is 0.418 e.